The molecule has 1 aromatic rings. The van der Waals surface area contributed by atoms with Crippen LogP contribution >= 0.6 is 0 Å². The van der Waals surface area contributed by atoms with E-state index in [1.165, 1.54) is 0 Å². The number of hydrogen-bond acceptors (Lipinski definition) is 3. The van der Waals surface area contributed by atoms with Crippen LogP contribution in [0, 0.1) is 0 Å². The molecule has 5 heteroatoms. The number of benzene rings is 1. The Morgan fingerprint density at radius 2 is 2.12 bits per heavy atom. The lowest BCUT2D eigenvalue weighted by molar-refractivity contribution is -0.128. The summed E-state index contributed by atoms with van der Waals surface area (Å²) in [5.41, 5.74) is 6.23. The smallest absolute Gasteiger partial charge is 0.222 e. The van der Waals surface area contributed by atoms with Gasteiger partial charge in [0.05, 0.1) is 10.8 Å². The van der Waals surface area contributed by atoms with Gasteiger partial charge in [-0.3, -0.25) is 9.00 Å². The van der Waals surface area contributed by atoms with E-state index in [1.807, 2.05) is 0 Å². The van der Waals surface area contributed by atoms with Gasteiger partial charge in [-0.2, -0.15) is 0 Å². The van der Waals surface area contributed by atoms with Gasteiger partial charge >= 0.3 is 0 Å². The van der Waals surface area contributed by atoms with E-state index in [0.717, 1.165) is 4.90 Å². The SMILES string of the molecule is CN(C)C(=O)CCCS(=O)c1cccc(N)c1. The molecule has 0 aromatic heterocycles. The van der Waals surface area contributed by atoms with Gasteiger partial charge in [0.15, 0.2) is 0 Å². The first-order valence-corrected chi connectivity index (χ1v) is 6.76. The molecule has 0 radical (unpaired) electrons. The Bertz CT molecular complexity index is 419. The molecule has 1 unspecified atom stereocenters. The third kappa shape index (κ3) is 4.56. The molecule has 17 heavy (non-hydrogen) atoms. The predicted molar refractivity (Wildman–Crippen MR) is 70.1 cm³/mol. The van der Waals surface area contributed by atoms with Crippen molar-refractivity contribution in [2.24, 2.45) is 0 Å². The summed E-state index contributed by atoms with van der Waals surface area (Å²) in [6.45, 7) is 0. The van der Waals surface area contributed by atoms with Gasteiger partial charge in [0.25, 0.3) is 0 Å². The first-order chi connectivity index (χ1) is 8.00. The van der Waals surface area contributed by atoms with Crippen molar-refractivity contribution in [3.05, 3.63) is 24.3 Å². The zero-order valence-electron chi connectivity index (χ0n) is 10.2. The second kappa shape index (κ2) is 6.39. The van der Waals surface area contributed by atoms with Gasteiger partial charge in [-0.25, -0.2) is 0 Å². The van der Waals surface area contributed by atoms with Crippen molar-refractivity contribution in [3.63, 3.8) is 0 Å². The zero-order valence-corrected chi connectivity index (χ0v) is 11.0. The largest absolute Gasteiger partial charge is 0.399 e. The molecular weight excluding hydrogens is 236 g/mol. The van der Waals surface area contributed by atoms with Crippen LogP contribution in [0.3, 0.4) is 0 Å². The van der Waals surface area contributed by atoms with E-state index in [-0.39, 0.29) is 5.91 Å². The highest BCUT2D eigenvalue weighted by Gasteiger charge is 2.07. The fourth-order valence-corrected chi connectivity index (χ4v) is 2.49. The molecule has 4 nitrogen and oxygen atoms in total. The maximum absolute atomic E-state index is 11.9. The molecule has 1 amide bonds. The van der Waals surface area contributed by atoms with E-state index in [9.17, 15) is 9.00 Å². The third-order valence-corrected chi connectivity index (χ3v) is 3.78. The Balaban J connectivity index is 2.43. The van der Waals surface area contributed by atoms with Crippen LogP contribution in [0.1, 0.15) is 12.8 Å². The van der Waals surface area contributed by atoms with E-state index in [1.54, 1.807) is 43.3 Å². The maximum Gasteiger partial charge on any atom is 0.222 e. The highest BCUT2D eigenvalue weighted by Crippen LogP contribution is 2.12. The molecule has 0 aliphatic heterocycles. The molecule has 0 bridgehead atoms. The molecule has 0 aliphatic rings. The first-order valence-electron chi connectivity index (χ1n) is 5.45. The fraction of sp³-hybridized carbons (Fsp3) is 0.417. The lowest BCUT2D eigenvalue weighted by Crippen LogP contribution is -2.21. The molecule has 1 atom stereocenters. The maximum atomic E-state index is 11.9. The summed E-state index contributed by atoms with van der Waals surface area (Å²) in [6.07, 6.45) is 1.06. The average molecular weight is 254 g/mol. The highest BCUT2D eigenvalue weighted by atomic mass is 32.2. The van der Waals surface area contributed by atoms with Crippen LogP contribution in [-0.4, -0.2) is 34.9 Å². The number of nitrogens with zero attached hydrogens (tertiary/aromatic N) is 1. The van der Waals surface area contributed by atoms with Gasteiger partial charge in [0.2, 0.25) is 5.91 Å². The minimum atomic E-state index is -1.07. The zero-order chi connectivity index (χ0) is 12.8. The third-order valence-electron chi connectivity index (χ3n) is 2.34. The summed E-state index contributed by atoms with van der Waals surface area (Å²) in [6, 6.07) is 7.05. The van der Waals surface area contributed by atoms with Crippen LogP contribution < -0.4 is 5.73 Å². The summed E-state index contributed by atoms with van der Waals surface area (Å²) >= 11 is 0. The monoisotopic (exact) mass is 254 g/mol. The summed E-state index contributed by atoms with van der Waals surface area (Å²) < 4.78 is 11.9. The molecule has 2 N–H and O–H groups in total. The van der Waals surface area contributed by atoms with E-state index in [0.29, 0.717) is 24.3 Å². The molecule has 0 saturated carbocycles. The van der Waals surface area contributed by atoms with Crippen molar-refractivity contribution in [2.75, 3.05) is 25.6 Å². The highest BCUT2D eigenvalue weighted by molar-refractivity contribution is 7.85. The molecule has 0 spiro atoms. The van der Waals surface area contributed by atoms with Crippen LogP contribution in [0.25, 0.3) is 0 Å². The van der Waals surface area contributed by atoms with Crippen molar-refractivity contribution in [3.8, 4) is 0 Å². The van der Waals surface area contributed by atoms with Crippen molar-refractivity contribution < 1.29 is 9.00 Å². The van der Waals surface area contributed by atoms with Crippen molar-refractivity contribution in [2.45, 2.75) is 17.7 Å². The summed E-state index contributed by atoms with van der Waals surface area (Å²) in [4.78, 5) is 13.6. The van der Waals surface area contributed by atoms with Gasteiger partial charge < -0.3 is 10.6 Å². The number of amides is 1. The Morgan fingerprint density at radius 1 is 1.41 bits per heavy atom. The van der Waals surface area contributed by atoms with Crippen LogP contribution in [0.4, 0.5) is 5.69 Å². The number of anilines is 1. The van der Waals surface area contributed by atoms with Crippen LogP contribution in [0.15, 0.2) is 29.2 Å². The molecule has 94 valence electrons. The van der Waals surface area contributed by atoms with E-state index in [2.05, 4.69) is 0 Å². The molecule has 0 heterocycles. The molecule has 1 rings (SSSR count). The van der Waals surface area contributed by atoms with Crippen molar-refractivity contribution in [1.29, 1.82) is 0 Å². The number of rotatable bonds is 5. The standard InChI is InChI=1S/C12H18N2O2S/c1-14(2)12(15)7-4-8-17(16)11-6-3-5-10(13)9-11/h3,5-6,9H,4,7-8,13H2,1-2H3. The second-order valence-electron chi connectivity index (χ2n) is 4.01. The van der Waals surface area contributed by atoms with Crippen LogP contribution in [0.2, 0.25) is 0 Å². The van der Waals surface area contributed by atoms with Crippen LogP contribution in [0.5, 0.6) is 0 Å². The van der Waals surface area contributed by atoms with E-state index >= 15 is 0 Å². The average Bonchev–Trinajstić information content (AvgIpc) is 2.28. The molecule has 0 saturated heterocycles. The number of carbonyl (C=O) groups excluding carboxylic acids is 1. The normalized spacial score (nSPS) is 12.1. The van der Waals surface area contributed by atoms with Gasteiger partial charge in [-0.15, -0.1) is 0 Å². The predicted octanol–water partition coefficient (Wildman–Crippen LogP) is 1.24. The Kier molecular flexibility index (Phi) is 5.15. The van der Waals surface area contributed by atoms with Gasteiger partial charge in [-0.1, -0.05) is 6.07 Å². The van der Waals surface area contributed by atoms with Gasteiger partial charge in [0, 0.05) is 36.9 Å². The van der Waals surface area contributed by atoms with Gasteiger partial charge in [0.1, 0.15) is 0 Å². The van der Waals surface area contributed by atoms with Gasteiger partial charge in [-0.05, 0) is 24.6 Å². The first kappa shape index (κ1) is 13.7. The van der Waals surface area contributed by atoms with Crippen molar-refractivity contribution >= 4 is 22.4 Å². The second-order valence-corrected chi connectivity index (χ2v) is 5.58. The van der Waals surface area contributed by atoms with E-state index < -0.39 is 10.8 Å². The number of nitrogens with two attached hydrogens (primary N) is 1. The Morgan fingerprint density at radius 3 is 2.71 bits per heavy atom. The molecular formula is C12H18N2O2S. The van der Waals surface area contributed by atoms with Crippen LogP contribution in [-0.2, 0) is 15.6 Å². The lowest BCUT2D eigenvalue weighted by Gasteiger charge is -2.09. The quantitative estimate of drug-likeness (QED) is 0.804. The lowest BCUT2D eigenvalue weighted by atomic mass is 10.3. The summed E-state index contributed by atoms with van der Waals surface area (Å²) in [5.74, 6) is 0.554. The molecule has 0 aliphatic carbocycles. The Labute approximate surface area is 104 Å². The van der Waals surface area contributed by atoms with Crippen molar-refractivity contribution in [1.82, 2.24) is 4.90 Å². The number of hydrogen-bond donors (Lipinski definition) is 1. The topological polar surface area (TPSA) is 63.4 Å². The number of carbonyl (C=O) groups is 1. The molecule has 0 fully saturated rings. The minimum absolute atomic E-state index is 0.0644. The minimum Gasteiger partial charge on any atom is -0.399 e. The van der Waals surface area contributed by atoms with E-state index in [4.69, 9.17) is 5.73 Å². The molecule has 1 aromatic carbocycles. The fourth-order valence-electron chi connectivity index (χ4n) is 1.35. The summed E-state index contributed by atoms with van der Waals surface area (Å²) in [5, 5.41) is 0. The Hall–Kier alpha value is -1.36. The summed E-state index contributed by atoms with van der Waals surface area (Å²) in [7, 11) is 2.36. The number of nitrogen functional groups attached to an aromatic ring is 1.